The lowest BCUT2D eigenvalue weighted by Crippen LogP contribution is -2.08. The van der Waals surface area contributed by atoms with Crippen LogP contribution in [0.1, 0.15) is 6.42 Å². The fraction of sp³-hybridized carbons (Fsp3) is 1.00. The van der Waals surface area contributed by atoms with Crippen LogP contribution in [-0.4, -0.2) is 23.8 Å². The topological polar surface area (TPSA) is 0 Å². The number of hydrogen-bond donors (Lipinski definition) is 0. The Kier molecular flexibility index (Phi) is 14.3. The van der Waals surface area contributed by atoms with Crippen molar-refractivity contribution in [3.8, 4) is 0 Å². The molecule has 0 aliphatic heterocycles. The fourth-order valence-corrected chi connectivity index (χ4v) is 5.30. The van der Waals surface area contributed by atoms with E-state index in [1.165, 1.54) is 0 Å². The lowest BCUT2D eigenvalue weighted by atomic mass is 10.6. The Morgan fingerprint density at radius 1 is 0.600 bits per heavy atom. The van der Waals surface area contributed by atoms with Gasteiger partial charge in [-0.05, 0) is 18.5 Å². The summed E-state index contributed by atoms with van der Waals surface area (Å²) in [6, 6.07) is -3.51. The van der Waals surface area contributed by atoms with E-state index in [1.54, 1.807) is 0 Å². The summed E-state index contributed by atoms with van der Waals surface area (Å²) in [5.41, 5.74) is 0. The Labute approximate surface area is 131 Å². The Morgan fingerprint density at radius 3 is 1.07 bits per heavy atom. The molecule has 0 spiro atoms. The van der Waals surface area contributed by atoms with Crippen molar-refractivity contribution in [1.29, 1.82) is 0 Å². The van der Waals surface area contributed by atoms with Crippen molar-refractivity contribution in [2.45, 2.75) is 18.5 Å². The van der Waals surface area contributed by atoms with Gasteiger partial charge in [0.05, 0.1) is 0 Å². The van der Waals surface area contributed by atoms with Crippen molar-refractivity contribution in [3.63, 3.8) is 0 Å². The molecule has 0 bridgehead atoms. The summed E-state index contributed by atoms with van der Waals surface area (Å²) in [5, 5.41) is 0. The van der Waals surface area contributed by atoms with E-state index >= 15 is 0 Å². The van der Waals surface area contributed by atoms with E-state index in [0.29, 0.717) is 23.8 Å². The van der Waals surface area contributed by atoms with Gasteiger partial charge in [0, 0.05) is 11.8 Å². The molecule has 0 aliphatic rings. The molecule has 0 radical (unpaired) electrons. The highest BCUT2D eigenvalue weighted by molar-refractivity contribution is 7.65. The lowest BCUT2D eigenvalue weighted by molar-refractivity contribution is 1.08. The van der Waals surface area contributed by atoms with Crippen LogP contribution in [0.5, 0.6) is 0 Å². The van der Waals surface area contributed by atoms with Crippen molar-refractivity contribution in [1.82, 2.24) is 0 Å². The molecule has 0 saturated carbocycles. The molecular weight excluding hydrogens is 400 g/mol. The van der Waals surface area contributed by atoms with Crippen molar-refractivity contribution in [2.75, 3.05) is 11.8 Å². The van der Waals surface area contributed by atoms with Gasteiger partial charge in [0.15, 0.2) is 0 Å². The summed E-state index contributed by atoms with van der Waals surface area (Å²) >= 11 is 43.4. The molecule has 0 atom stereocenters. The molecule has 0 unspecified atom stereocenters. The van der Waals surface area contributed by atoms with E-state index in [-0.39, 0.29) is 0 Å². The van der Waals surface area contributed by atoms with Gasteiger partial charge in [0.2, 0.25) is 0 Å². The van der Waals surface area contributed by atoms with Crippen LogP contribution < -0.4 is 0 Å². The minimum Gasteiger partial charge on any atom is -0.127 e. The summed E-state index contributed by atoms with van der Waals surface area (Å²) in [6.45, 7) is 0. The standard InChI is InChI=1S/C3H6Cl4Si.C2H4Cl4Si/c4-2-1-3-8(5,6)7;3-1-2-7(4,5)6/h1-3H2;1-2H2. The molecule has 0 rings (SSSR count). The van der Waals surface area contributed by atoms with Crippen molar-refractivity contribution in [2.24, 2.45) is 0 Å². The van der Waals surface area contributed by atoms with Gasteiger partial charge >= 0.3 is 12.0 Å². The zero-order valence-electron chi connectivity index (χ0n) is 7.56. The summed E-state index contributed by atoms with van der Waals surface area (Å²) < 4.78 is 0. The van der Waals surface area contributed by atoms with Gasteiger partial charge < -0.3 is 0 Å². The van der Waals surface area contributed by atoms with Crippen LogP contribution in [0.25, 0.3) is 0 Å². The summed E-state index contributed by atoms with van der Waals surface area (Å²) in [7, 11) is 0. The highest BCUT2D eigenvalue weighted by atomic mass is 35.8. The average Bonchev–Trinajstić information content (AvgIpc) is 1.98. The summed E-state index contributed by atoms with van der Waals surface area (Å²) in [4.78, 5) is 0. The third-order valence-corrected chi connectivity index (χ3v) is 6.88. The summed E-state index contributed by atoms with van der Waals surface area (Å²) in [5.74, 6) is 1.03. The van der Waals surface area contributed by atoms with Gasteiger partial charge in [-0.2, -0.15) is 0 Å². The molecule has 0 aliphatic carbocycles. The fourth-order valence-electron chi connectivity index (χ4n) is 0.374. The normalized spacial score (nSPS) is 12.0. The van der Waals surface area contributed by atoms with Gasteiger partial charge in [-0.3, -0.25) is 0 Å². The van der Waals surface area contributed by atoms with Crippen LogP contribution in [0.15, 0.2) is 0 Å². The first-order valence-electron chi connectivity index (χ1n) is 3.88. The van der Waals surface area contributed by atoms with E-state index in [2.05, 4.69) is 0 Å². The van der Waals surface area contributed by atoms with E-state index in [4.69, 9.17) is 89.7 Å². The number of halogens is 8. The van der Waals surface area contributed by atoms with E-state index < -0.39 is 12.0 Å². The highest BCUT2D eigenvalue weighted by Crippen LogP contribution is 2.26. The molecule has 0 fully saturated rings. The van der Waals surface area contributed by atoms with E-state index in [0.717, 1.165) is 6.42 Å². The predicted molar refractivity (Wildman–Crippen MR) is 82.3 cm³/mol. The molecular formula is C5H10Cl8Si2. The van der Waals surface area contributed by atoms with Crippen molar-refractivity contribution in [3.05, 3.63) is 0 Å². The molecule has 0 nitrogen and oxygen atoms in total. The first-order valence-corrected chi connectivity index (χ1v) is 15.4. The SMILES string of the molecule is ClCCC[Si](Cl)(Cl)Cl.ClCC[Si](Cl)(Cl)Cl. The van der Waals surface area contributed by atoms with Crippen LogP contribution >= 0.6 is 89.7 Å². The number of rotatable bonds is 5. The maximum Gasteiger partial charge on any atom is 0.342 e. The van der Waals surface area contributed by atoms with Crippen molar-refractivity contribution < 1.29 is 0 Å². The van der Waals surface area contributed by atoms with E-state index in [9.17, 15) is 0 Å². The average molecular weight is 410 g/mol. The van der Waals surface area contributed by atoms with Crippen LogP contribution in [0.3, 0.4) is 0 Å². The van der Waals surface area contributed by atoms with Crippen molar-refractivity contribution >= 4 is 102 Å². The monoisotopic (exact) mass is 406 g/mol. The Balaban J connectivity index is 0. The Bertz CT molecular complexity index is 141. The molecule has 15 heavy (non-hydrogen) atoms. The molecule has 0 aromatic carbocycles. The third kappa shape index (κ3) is 26.4. The second-order valence-corrected chi connectivity index (χ2v) is 21.8. The molecule has 94 valence electrons. The summed E-state index contributed by atoms with van der Waals surface area (Å²) in [6.07, 6.45) is 0.810. The van der Waals surface area contributed by atoms with Gasteiger partial charge in [-0.15, -0.1) is 89.7 Å². The molecule has 0 aromatic heterocycles. The number of hydrogen-bond acceptors (Lipinski definition) is 0. The van der Waals surface area contributed by atoms with Gasteiger partial charge in [0.1, 0.15) is 0 Å². The largest absolute Gasteiger partial charge is 0.342 e. The highest BCUT2D eigenvalue weighted by Gasteiger charge is 2.23. The molecule has 10 heteroatoms. The predicted octanol–water partition coefficient (Wildman–Crippen LogP) is 6.15. The van der Waals surface area contributed by atoms with Crippen LogP contribution in [0.4, 0.5) is 0 Å². The maximum absolute atomic E-state index is 5.52. The van der Waals surface area contributed by atoms with Crippen LogP contribution in [0, 0.1) is 0 Å². The zero-order valence-corrected chi connectivity index (χ0v) is 15.6. The van der Waals surface area contributed by atoms with Crippen LogP contribution in [0.2, 0.25) is 12.1 Å². The Morgan fingerprint density at radius 2 is 1.00 bits per heavy atom. The smallest absolute Gasteiger partial charge is 0.127 e. The first kappa shape index (κ1) is 20.1. The lowest BCUT2D eigenvalue weighted by Gasteiger charge is -2.03. The van der Waals surface area contributed by atoms with Gasteiger partial charge in [0.25, 0.3) is 0 Å². The quantitative estimate of drug-likeness (QED) is 0.290. The third-order valence-electron chi connectivity index (χ3n) is 0.972. The van der Waals surface area contributed by atoms with Gasteiger partial charge in [-0.1, -0.05) is 0 Å². The zero-order chi connectivity index (χ0) is 12.5. The molecule has 0 N–H and O–H groups in total. The molecule has 0 aromatic rings. The molecule has 0 heterocycles. The number of alkyl halides is 2. The van der Waals surface area contributed by atoms with Gasteiger partial charge in [-0.25, -0.2) is 0 Å². The first-order chi connectivity index (χ1) is 6.62. The van der Waals surface area contributed by atoms with Crippen LogP contribution in [-0.2, 0) is 0 Å². The second-order valence-electron chi connectivity index (χ2n) is 2.46. The van der Waals surface area contributed by atoms with E-state index in [1.807, 2.05) is 0 Å². The second kappa shape index (κ2) is 10.7. The molecule has 0 saturated heterocycles. The molecule has 0 amide bonds. The minimum atomic E-state index is -2.37. The minimum absolute atomic E-state index is 0.447. The Hall–Kier alpha value is 2.75. The maximum atomic E-state index is 5.52.